The fourth-order valence-electron chi connectivity index (χ4n) is 1.23. The van der Waals surface area contributed by atoms with E-state index in [4.69, 9.17) is 0 Å². The molecule has 0 spiro atoms. The van der Waals surface area contributed by atoms with Crippen molar-refractivity contribution in [2.24, 2.45) is 0 Å². The molecular formula is C10H12N4S. The Morgan fingerprint density at radius 2 is 2.27 bits per heavy atom. The Morgan fingerprint density at radius 1 is 1.40 bits per heavy atom. The van der Waals surface area contributed by atoms with Gasteiger partial charge in [-0.1, -0.05) is 0 Å². The van der Waals surface area contributed by atoms with Gasteiger partial charge in [-0.15, -0.1) is 11.3 Å². The molecule has 0 bridgehead atoms. The van der Waals surface area contributed by atoms with Crippen molar-refractivity contribution in [3.8, 4) is 11.5 Å². The van der Waals surface area contributed by atoms with Crippen LogP contribution in [0.1, 0.15) is 11.9 Å². The van der Waals surface area contributed by atoms with Crippen LogP contribution in [0.2, 0.25) is 0 Å². The van der Waals surface area contributed by atoms with Gasteiger partial charge in [0.2, 0.25) is 0 Å². The number of thiazole rings is 1. The molecule has 2 aromatic rings. The highest BCUT2D eigenvalue weighted by molar-refractivity contribution is 7.09. The van der Waals surface area contributed by atoms with E-state index < -0.39 is 0 Å². The average molecular weight is 220 g/mol. The molecule has 0 saturated heterocycles. The molecule has 2 rings (SSSR count). The van der Waals surface area contributed by atoms with Crippen LogP contribution in [0.25, 0.3) is 11.5 Å². The van der Waals surface area contributed by atoms with E-state index in [-0.39, 0.29) is 0 Å². The normalized spacial score (nSPS) is 10.3. The Balaban J connectivity index is 2.32. The summed E-state index contributed by atoms with van der Waals surface area (Å²) in [5.74, 6) is 1.52. The van der Waals surface area contributed by atoms with E-state index in [1.807, 2.05) is 25.3 Å². The largest absolute Gasteiger partial charge is 0.370 e. The molecule has 1 N–H and O–H groups in total. The zero-order valence-electron chi connectivity index (χ0n) is 8.69. The third kappa shape index (κ3) is 2.30. The molecule has 0 fully saturated rings. The van der Waals surface area contributed by atoms with Crippen LogP contribution in [0.4, 0.5) is 5.82 Å². The lowest BCUT2D eigenvalue weighted by atomic mass is 10.4. The minimum Gasteiger partial charge on any atom is -0.370 e. The number of aryl methyl sites for hydroxylation is 1. The Hall–Kier alpha value is -1.49. The van der Waals surface area contributed by atoms with Crippen molar-refractivity contribution in [1.29, 1.82) is 0 Å². The lowest BCUT2D eigenvalue weighted by Gasteiger charge is -2.02. The van der Waals surface area contributed by atoms with Crippen molar-refractivity contribution in [3.63, 3.8) is 0 Å². The van der Waals surface area contributed by atoms with Crippen LogP contribution in [0.5, 0.6) is 0 Å². The highest BCUT2D eigenvalue weighted by atomic mass is 32.1. The number of rotatable bonds is 3. The molecule has 0 amide bonds. The molecular weight excluding hydrogens is 208 g/mol. The summed E-state index contributed by atoms with van der Waals surface area (Å²) in [5, 5.41) is 6.15. The summed E-state index contributed by atoms with van der Waals surface area (Å²) in [7, 11) is 0. The summed E-state index contributed by atoms with van der Waals surface area (Å²) in [6.07, 6.45) is 1.75. The second kappa shape index (κ2) is 4.35. The molecule has 0 aliphatic rings. The minimum atomic E-state index is 0.679. The van der Waals surface area contributed by atoms with Crippen LogP contribution in [0.15, 0.2) is 17.6 Å². The lowest BCUT2D eigenvalue weighted by molar-refractivity contribution is 1.10. The van der Waals surface area contributed by atoms with Gasteiger partial charge in [-0.2, -0.15) is 0 Å². The molecule has 5 heteroatoms. The molecule has 0 saturated carbocycles. The van der Waals surface area contributed by atoms with Crippen LogP contribution < -0.4 is 5.32 Å². The van der Waals surface area contributed by atoms with Crippen LogP contribution >= 0.6 is 11.3 Å². The first-order valence-electron chi connectivity index (χ1n) is 4.79. The van der Waals surface area contributed by atoms with Crippen molar-refractivity contribution in [2.45, 2.75) is 13.8 Å². The van der Waals surface area contributed by atoms with Gasteiger partial charge in [0.25, 0.3) is 0 Å². The Kier molecular flexibility index (Phi) is 2.91. The van der Waals surface area contributed by atoms with Crippen molar-refractivity contribution in [1.82, 2.24) is 15.0 Å². The summed E-state index contributed by atoms with van der Waals surface area (Å²) in [6, 6.07) is 1.85. The predicted octanol–water partition coefficient (Wildman–Crippen LogP) is 2.34. The molecule has 0 aliphatic heterocycles. The van der Waals surface area contributed by atoms with Gasteiger partial charge in [-0.3, -0.25) is 0 Å². The topological polar surface area (TPSA) is 50.7 Å². The van der Waals surface area contributed by atoms with Gasteiger partial charge in [-0.25, -0.2) is 15.0 Å². The van der Waals surface area contributed by atoms with Crippen molar-refractivity contribution in [2.75, 3.05) is 11.9 Å². The summed E-state index contributed by atoms with van der Waals surface area (Å²) in [4.78, 5) is 12.9. The SMILES string of the molecule is CCNc1ccnc(-c2csc(C)n2)n1. The predicted molar refractivity (Wildman–Crippen MR) is 62.0 cm³/mol. The molecule has 2 aromatic heterocycles. The van der Waals surface area contributed by atoms with E-state index >= 15 is 0 Å². The zero-order valence-corrected chi connectivity index (χ0v) is 9.51. The monoisotopic (exact) mass is 220 g/mol. The number of anilines is 1. The second-order valence-corrected chi connectivity index (χ2v) is 4.11. The van der Waals surface area contributed by atoms with Crippen molar-refractivity contribution < 1.29 is 0 Å². The first-order chi connectivity index (χ1) is 7.29. The van der Waals surface area contributed by atoms with E-state index in [0.29, 0.717) is 5.82 Å². The van der Waals surface area contributed by atoms with Crippen LogP contribution in [0, 0.1) is 6.92 Å². The highest BCUT2D eigenvalue weighted by Gasteiger charge is 2.05. The molecule has 0 aliphatic carbocycles. The number of hydrogen-bond donors (Lipinski definition) is 1. The lowest BCUT2D eigenvalue weighted by Crippen LogP contribution is -2.00. The molecule has 78 valence electrons. The Morgan fingerprint density at radius 3 is 2.93 bits per heavy atom. The number of nitrogens with zero attached hydrogens (tertiary/aromatic N) is 3. The molecule has 15 heavy (non-hydrogen) atoms. The van der Waals surface area contributed by atoms with Gasteiger partial charge in [0.05, 0.1) is 5.01 Å². The fourth-order valence-corrected chi connectivity index (χ4v) is 1.82. The maximum Gasteiger partial charge on any atom is 0.181 e. The third-order valence-electron chi connectivity index (χ3n) is 1.86. The smallest absolute Gasteiger partial charge is 0.181 e. The van der Waals surface area contributed by atoms with Gasteiger partial charge in [0.1, 0.15) is 11.5 Å². The van der Waals surface area contributed by atoms with Gasteiger partial charge in [-0.05, 0) is 19.9 Å². The van der Waals surface area contributed by atoms with Crippen LogP contribution in [-0.2, 0) is 0 Å². The van der Waals surface area contributed by atoms with E-state index in [1.165, 1.54) is 0 Å². The summed E-state index contributed by atoms with van der Waals surface area (Å²) in [5.41, 5.74) is 0.845. The van der Waals surface area contributed by atoms with E-state index in [9.17, 15) is 0 Å². The van der Waals surface area contributed by atoms with Crippen LogP contribution in [-0.4, -0.2) is 21.5 Å². The van der Waals surface area contributed by atoms with E-state index in [2.05, 4.69) is 20.3 Å². The van der Waals surface area contributed by atoms with Crippen molar-refractivity contribution >= 4 is 17.2 Å². The third-order valence-corrected chi connectivity index (χ3v) is 2.64. The Labute approximate surface area is 92.4 Å². The average Bonchev–Trinajstić information content (AvgIpc) is 2.66. The van der Waals surface area contributed by atoms with Crippen LogP contribution in [0.3, 0.4) is 0 Å². The second-order valence-electron chi connectivity index (χ2n) is 3.05. The summed E-state index contributed by atoms with van der Waals surface area (Å²) >= 11 is 1.61. The van der Waals surface area contributed by atoms with Gasteiger partial charge >= 0.3 is 0 Å². The highest BCUT2D eigenvalue weighted by Crippen LogP contribution is 2.18. The number of aromatic nitrogens is 3. The zero-order chi connectivity index (χ0) is 10.7. The number of nitrogens with one attached hydrogen (secondary N) is 1. The molecule has 0 unspecified atom stereocenters. The molecule has 0 aromatic carbocycles. The first kappa shape index (κ1) is 10.0. The van der Waals surface area contributed by atoms with Gasteiger partial charge in [0.15, 0.2) is 5.82 Å². The molecule has 2 heterocycles. The molecule has 0 radical (unpaired) electrons. The molecule has 4 nitrogen and oxygen atoms in total. The van der Waals surface area contributed by atoms with E-state index in [0.717, 1.165) is 23.1 Å². The fraction of sp³-hybridized carbons (Fsp3) is 0.300. The maximum atomic E-state index is 4.37. The van der Waals surface area contributed by atoms with Gasteiger partial charge in [0, 0.05) is 18.1 Å². The van der Waals surface area contributed by atoms with Crippen molar-refractivity contribution in [3.05, 3.63) is 22.7 Å². The maximum absolute atomic E-state index is 4.37. The summed E-state index contributed by atoms with van der Waals surface area (Å²) in [6.45, 7) is 4.86. The number of hydrogen-bond acceptors (Lipinski definition) is 5. The quantitative estimate of drug-likeness (QED) is 0.862. The summed E-state index contributed by atoms with van der Waals surface area (Å²) < 4.78 is 0. The standard InChI is InChI=1S/C10H12N4S/c1-3-11-9-4-5-12-10(14-9)8-6-15-7(2)13-8/h4-6H,3H2,1-2H3,(H,11,12,14). The molecule has 0 atom stereocenters. The van der Waals surface area contributed by atoms with Gasteiger partial charge < -0.3 is 5.32 Å². The first-order valence-corrected chi connectivity index (χ1v) is 5.67. The van der Waals surface area contributed by atoms with E-state index in [1.54, 1.807) is 17.5 Å². The minimum absolute atomic E-state index is 0.679. The Bertz CT molecular complexity index is 452.